The zero-order valence-electron chi connectivity index (χ0n) is 10.3. The van der Waals surface area contributed by atoms with Gasteiger partial charge in [-0.3, -0.25) is 0 Å². The molecule has 0 fully saturated rings. The number of rotatable bonds is 4. The van der Waals surface area contributed by atoms with Crippen LogP contribution in [0.5, 0.6) is 0 Å². The SMILES string of the molecule is CCNc1c2cccnn2c(SC)[n+]1CC.[Cl-]. The highest BCUT2D eigenvalue weighted by Crippen LogP contribution is 2.20. The molecule has 0 radical (unpaired) electrons. The van der Waals surface area contributed by atoms with Crippen LogP contribution >= 0.6 is 11.8 Å². The van der Waals surface area contributed by atoms with E-state index in [4.69, 9.17) is 0 Å². The predicted molar refractivity (Wildman–Crippen MR) is 67.0 cm³/mol. The normalized spacial score (nSPS) is 10.3. The number of halogens is 1. The molecule has 1 N–H and O–H groups in total. The summed E-state index contributed by atoms with van der Waals surface area (Å²) in [7, 11) is 0. The number of aromatic nitrogens is 3. The van der Waals surface area contributed by atoms with Gasteiger partial charge >= 0.3 is 0 Å². The van der Waals surface area contributed by atoms with Gasteiger partial charge in [-0.2, -0.15) is 0 Å². The monoisotopic (exact) mass is 272 g/mol. The lowest BCUT2D eigenvalue weighted by atomic mass is 10.4. The Morgan fingerprint density at radius 1 is 1.47 bits per heavy atom. The second-order valence-electron chi connectivity index (χ2n) is 3.43. The van der Waals surface area contributed by atoms with E-state index in [2.05, 4.69) is 41.2 Å². The van der Waals surface area contributed by atoms with E-state index in [0.29, 0.717) is 0 Å². The molecule has 0 spiro atoms. The van der Waals surface area contributed by atoms with E-state index < -0.39 is 0 Å². The molecule has 0 saturated carbocycles. The molecule has 0 atom stereocenters. The van der Waals surface area contributed by atoms with Gasteiger partial charge < -0.3 is 17.7 Å². The fourth-order valence-corrected chi connectivity index (χ4v) is 2.65. The first-order valence-corrected chi connectivity index (χ1v) is 6.73. The van der Waals surface area contributed by atoms with Crippen LogP contribution < -0.4 is 22.3 Å². The fourth-order valence-electron chi connectivity index (χ4n) is 1.90. The predicted octanol–water partition coefficient (Wildman–Crippen LogP) is -1.20. The first kappa shape index (κ1) is 14.1. The first-order chi connectivity index (χ1) is 7.83. The van der Waals surface area contributed by atoms with Crippen LogP contribution in [0.4, 0.5) is 5.82 Å². The molecule has 4 nitrogen and oxygen atoms in total. The summed E-state index contributed by atoms with van der Waals surface area (Å²) in [5, 5.41) is 8.97. The molecule has 0 aromatic carbocycles. The maximum absolute atomic E-state index is 4.40. The molecule has 0 bridgehead atoms. The standard InChI is InChI=1S/C11H17N4S.ClH/c1-4-12-10-9-7-6-8-13-15(9)11(16-3)14(10)5-2;/h6-8,12H,4-5H2,1-3H3;1H/q+1;/p-1. The summed E-state index contributed by atoms with van der Waals surface area (Å²) < 4.78 is 4.25. The van der Waals surface area contributed by atoms with Crippen molar-refractivity contribution in [3.05, 3.63) is 18.3 Å². The molecule has 0 amide bonds. The lowest BCUT2D eigenvalue weighted by Gasteiger charge is -2.00. The smallest absolute Gasteiger partial charge is 0.289 e. The van der Waals surface area contributed by atoms with Gasteiger partial charge in [0.1, 0.15) is 0 Å². The summed E-state index contributed by atoms with van der Waals surface area (Å²) in [5.74, 6) is 1.16. The van der Waals surface area contributed by atoms with Gasteiger partial charge in [0.05, 0.1) is 19.3 Å². The third kappa shape index (κ3) is 2.35. The van der Waals surface area contributed by atoms with Crippen molar-refractivity contribution in [1.82, 2.24) is 9.61 Å². The van der Waals surface area contributed by atoms with Gasteiger partial charge in [0.25, 0.3) is 11.0 Å². The molecule has 2 rings (SSSR count). The third-order valence-corrected chi connectivity index (χ3v) is 3.28. The highest BCUT2D eigenvalue weighted by Gasteiger charge is 2.22. The number of fused-ring (bicyclic) bond motifs is 1. The zero-order valence-corrected chi connectivity index (χ0v) is 11.8. The Kier molecular flexibility index (Phi) is 5.08. The van der Waals surface area contributed by atoms with Crippen molar-refractivity contribution in [2.24, 2.45) is 0 Å². The largest absolute Gasteiger partial charge is 1.00 e. The van der Waals surface area contributed by atoms with E-state index in [1.54, 1.807) is 11.8 Å². The first-order valence-electron chi connectivity index (χ1n) is 5.50. The Hall–Kier alpha value is -0.940. The molecule has 0 aliphatic heterocycles. The van der Waals surface area contributed by atoms with Gasteiger partial charge in [-0.25, -0.2) is 4.57 Å². The van der Waals surface area contributed by atoms with E-state index in [1.807, 2.05) is 16.8 Å². The number of anilines is 1. The number of hydrogen-bond acceptors (Lipinski definition) is 3. The summed E-state index contributed by atoms with van der Waals surface area (Å²) in [4.78, 5) is 0. The van der Waals surface area contributed by atoms with Crippen molar-refractivity contribution >= 4 is 23.1 Å². The Bertz CT molecular complexity index is 497. The number of hydrogen-bond donors (Lipinski definition) is 1. The second-order valence-corrected chi connectivity index (χ2v) is 4.20. The Morgan fingerprint density at radius 3 is 2.82 bits per heavy atom. The number of thioether (sulfide) groups is 1. The van der Waals surface area contributed by atoms with Crippen molar-refractivity contribution in [3.63, 3.8) is 0 Å². The van der Waals surface area contributed by atoms with E-state index >= 15 is 0 Å². The Labute approximate surface area is 112 Å². The van der Waals surface area contributed by atoms with Crippen LogP contribution in [0, 0.1) is 0 Å². The van der Waals surface area contributed by atoms with Crippen molar-refractivity contribution in [3.8, 4) is 0 Å². The van der Waals surface area contributed by atoms with E-state index in [-0.39, 0.29) is 12.4 Å². The molecule has 0 unspecified atom stereocenters. The van der Waals surface area contributed by atoms with Gasteiger partial charge in [0.2, 0.25) is 0 Å². The molecule has 0 aliphatic rings. The molecular formula is C11H17ClN4S. The summed E-state index contributed by atoms with van der Waals surface area (Å²) in [6, 6.07) is 4.07. The number of nitrogens with one attached hydrogen (secondary N) is 1. The molecule has 2 aromatic heterocycles. The minimum absolute atomic E-state index is 0. The van der Waals surface area contributed by atoms with Crippen LogP contribution in [0.25, 0.3) is 5.52 Å². The van der Waals surface area contributed by atoms with Gasteiger partial charge in [-0.1, -0.05) is 11.8 Å². The van der Waals surface area contributed by atoms with Gasteiger partial charge in [0, 0.05) is 0 Å². The van der Waals surface area contributed by atoms with Crippen LogP contribution in [0.1, 0.15) is 13.8 Å². The summed E-state index contributed by atoms with van der Waals surface area (Å²) in [5.41, 5.74) is 1.13. The second kappa shape index (κ2) is 6.12. The molecule has 2 heterocycles. The molecular weight excluding hydrogens is 256 g/mol. The number of nitrogens with zero attached hydrogens (tertiary/aromatic N) is 3. The minimum Gasteiger partial charge on any atom is -1.00 e. The van der Waals surface area contributed by atoms with E-state index in [0.717, 1.165) is 29.6 Å². The molecule has 17 heavy (non-hydrogen) atoms. The lowest BCUT2D eigenvalue weighted by molar-refractivity contribution is -0.716. The topological polar surface area (TPSA) is 33.2 Å². The summed E-state index contributed by atoms with van der Waals surface area (Å²) in [6.07, 6.45) is 3.90. The quantitative estimate of drug-likeness (QED) is 0.561. The Morgan fingerprint density at radius 2 is 2.24 bits per heavy atom. The van der Waals surface area contributed by atoms with Crippen molar-refractivity contribution < 1.29 is 17.0 Å². The molecule has 0 aliphatic carbocycles. The minimum atomic E-state index is 0. The van der Waals surface area contributed by atoms with Gasteiger partial charge in [-0.15, -0.1) is 9.61 Å². The maximum Gasteiger partial charge on any atom is 0.289 e. The van der Waals surface area contributed by atoms with E-state index in [9.17, 15) is 0 Å². The maximum atomic E-state index is 4.40. The summed E-state index contributed by atoms with van der Waals surface area (Å²) in [6.45, 7) is 6.13. The molecule has 0 saturated heterocycles. The molecule has 94 valence electrons. The number of imidazole rings is 1. The van der Waals surface area contributed by atoms with Crippen molar-refractivity contribution in [2.45, 2.75) is 25.5 Å². The van der Waals surface area contributed by atoms with Crippen molar-refractivity contribution in [2.75, 3.05) is 18.1 Å². The van der Waals surface area contributed by atoms with Crippen molar-refractivity contribution in [1.29, 1.82) is 0 Å². The third-order valence-electron chi connectivity index (χ3n) is 2.52. The lowest BCUT2D eigenvalue weighted by Crippen LogP contribution is -3.00. The Balaban J connectivity index is 0.00000144. The molecule has 2 aromatic rings. The van der Waals surface area contributed by atoms with Gasteiger partial charge in [-0.05, 0) is 32.2 Å². The average Bonchev–Trinajstić information content (AvgIpc) is 2.63. The highest BCUT2D eigenvalue weighted by atomic mass is 35.5. The average molecular weight is 273 g/mol. The molecule has 6 heteroatoms. The zero-order chi connectivity index (χ0) is 11.5. The van der Waals surface area contributed by atoms with Crippen LogP contribution in [0.3, 0.4) is 0 Å². The van der Waals surface area contributed by atoms with Gasteiger partial charge in [0.15, 0.2) is 5.52 Å². The highest BCUT2D eigenvalue weighted by molar-refractivity contribution is 7.98. The van der Waals surface area contributed by atoms with E-state index in [1.165, 1.54) is 0 Å². The summed E-state index contributed by atoms with van der Waals surface area (Å²) >= 11 is 1.72. The van der Waals surface area contributed by atoms with Crippen LogP contribution in [-0.2, 0) is 6.54 Å². The van der Waals surface area contributed by atoms with Crippen LogP contribution in [-0.4, -0.2) is 22.4 Å². The van der Waals surface area contributed by atoms with Crippen LogP contribution in [0.2, 0.25) is 0 Å². The fraction of sp³-hybridized carbons (Fsp3) is 0.455. The van der Waals surface area contributed by atoms with Crippen LogP contribution in [0.15, 0.2) is 23.5 Å².